The van der Waals surface area contributed by atoms with Gasteiger partial charge in [0.05, 0.1) is 51.5 Å². The van der Waals surface area contributed by atoms with Crippen LogP contribution >= 0.6 is 31.3 Å². The number of carbonyl (C=O) groups is 1. The summed E-state index contributed by atoms with van der Waals surface area (Å²) in [4.78, 5) is 112. The summed E-state index contributed by atoms with van der Waals surface area (Å²) in [5.74, 6) is -2.11. The van der Waals surface area contributed by atoms with Crippen molar-refractivity contribution in [1.82, 2.24) is 58.9 Å². The van der Waals surface area contributed by atoms with Crippen LogP contribution in [0.5, 0.6) is 0 Å². The van der Waals surface area contributed by atoms with E-state index in [0.29, 0.717) is 5.56 Å². The zero-order valence-corrected chi connectivity index (χ0v) is 47.7. The smallest absolute Gasteiger partial charge is 0.490 e. The van der Waals surface area contributed by atoms with E-state index in [9.17, 15) is 67.5 Å². The third-order valence-corrected chi connectivity index (χ3v) is 18.6. The number of nitrogens with one attached hydrogen (secondary N) is 3. The zero-order valence-electron chi connectivity index (χ0n) is 44.1. The predicted octanol–water partition coefficient (Wildman–Crippen LogP) is -3.16. The van der Waals surface area contributed by atoms with Gasteiger partial charge < -0.3 is 90.1 Å². The number of carbonyl (C=O) groups excluding carboxylic acids is 1. The number of aliphatic hydroxyl groups is 3. The van der Waals surface area contributed by atoms with E-state index in [2.05, 4.69) is 53.8 Å². The third-order valence-electron chi connectivity index (χ3n) is 13.4. The molecule has 3 aliphatic rings. The molecule has 0 saturated carbocycles. The number of methoxy groups -OCH3 is 1. The van der Waals surface area contributed by atoms with Gasteiger partial charge in [-0.15, -0.1) is 0 Å². The molecule has 7 aromatic rings. The molecule has 41 nitrogen and oxygen atoms in total. The molecule has 466 valence electrons. The molecule has 10 rings (SSSR count). The van der Waals surface area contributed by atoms with E-state index in [4.69, 9.17) is 59.0 Å². The number of ether oxygens (including phenoxy) is 5. The van der Waals surface area contributed by atoms with Gasteiger partial charge in [-0.3, -0.25) is 42.3 Å². The lowest BCUT2D eigenvalue weighted by molar-refractivity contribution is -0.646. The SMILES string of the molecule is CO[C@@H]1[C@H](OP(=O)([O-])OC[C@H]2O[C@@H](n3cnc4c(=O)[nH]c(N)nc43)[C@H](O)[C@@H]2O)[C@@H](COP(=O)(O)OP(=O)(O)OP(=O)(O)OC[C@H]2O[C@@H](n3c[n+](C)c4c(=O)[nH]c(N)nc43)[C@H](O)[C@@H]2COC(=O)NCc2ccccc2)O[C@H]1n1cnc2c(N)ncnc21. The topological polar surface area (TPSA) is 583 Å². The second kappa shape index (κ2) is 24.5. The normalized spacial score (nSPS) is 27.9. The van der Waals surface area contributed by atoms with Gasteiger partial charge in [0, 0.05) is 13.7 Å². The summed E-state index contributed by atoms with van der Waals surface area (Å²) in [7, 11) is -21.5. The molecule has 16 atom stereocenters. The number of fused-ring (bicyclic) bond motifs is 3. The Balaban J connectivity index is 0.811. The lowest BCUT2D eigenvalue weighted by Gasteiger charge is -2.31. The Hall–Kier alpha value is -6.62. The largest absolute Gasteiger partial charge is 0.756 e. The molecule has 0 bridgehead atoms. The van der Waals surface area contributed by atoms with E-state index in [1.54, 1.807) is 30.3 Å². The molecule has 1 aromatic carbocycles. The fourth-order valence-corrected chi connectivity index (χ4v) is 14.0. The molecule has 15 N–H and O–H groups in total. The standard InChI is InChI=1S/C41H52N16O25P4/c1-54-16-57(33-24(54)35(62)53-40(44)51-33)36-25(58)18(9-73-41(63)45-8-17-6-4-3-5-7-17)19(77-36)10-75-84(66,67)81-86(70,71)82-85(68,69)76-12-21-28(29(72-2)38(79-21)55-14-48-22-30(42)46-13-47-31(22)55)80-83(64,65)74-11-20-26(59)27(60)37(78-20)56-15-49-23-32(56)50-39(43)52-34(23)61/h3-7,13-16,18-21,25-29,36-38,58-60H,8-12H2,1-2H3,(H12-,42,43,44,45,46,47,50,51,52,53,61,62,63,64,65,66,67,68,69,70,71)/t18-,19-,20-,21-,25-,26-,27-,28-,29-,36-,37-,38-/m1/s1. The van der Waals surface area contributed by atoms with Gasteiger partial charge in [0.25, 0.3) is 24.5 Å². The summed E-state index contributed by atoms with van der Waals surface area (Å²) < 4.78 is 116. The number of aryl methyl sites for hydroxylation is 1. The Morgan fingerprint density at radius 2 is 1.30 bits per heavy atom. The Kier molecular flexibility index (Phi) is 17.8. The van der Waals surface area contributed by atoms with Crippen molar-refractivity contribution in [3.8, 4) is 0 Å². The zero-order chi connectivity index (χ0) is 61.8. The number of nitrogens with zero attached hydrogens (tertiary/aromatic N) is 10. The van der Waals surface area contributed by atoms with Gasteiger partial charge in [0.1, 0.15) is 61.2 Å². The van der Waals surface area contributed by atoms with Crippen LogP contribution in [0.1, 0.15) is 24.2 Å². The molecule has 86 heavy (non-hydrogen) atoms. The summed E-state index contributed by atoms with van der Waals surface area (Å²) in [6.07, 6.45) is -15.1. The number of anilines is 3. The molecule has 1 amide bonds. The van der Waals surface area contributed by atoms with Crippen molar-refractivity contribution in [3.63, 3.8) is 0 Å². The van der Waals surface area contributed by atoms with E-state index in [1.165, 1.54) is 27.1 Å². The average molecular weight is 1290 g/mol. The first-order valence-electron chi connectivity index (χ1n) is 24.9. The number of rotatable bonds is 23. The summed E-state index contributed by atoms with van der Waals surface area (Å²) >= 11 is 0. The molecule has 45 heteroatoms. The van der Waals surface area contributed by atoms with Crippen molar-refractivity contribution >= 4 is 88.6 Å². The maximum Gasteiger partial charge on any atom is 0.490 e. The number of phosphoric acid groups is 4. The van der Waals surface area contributed by atoms with Crippen molar-refractivity contribution in [2.45, 2.75) is 74.1 Å². The van der Waals surface area contributed by atoms with Crippen LogP contribution in [0, 0.1) is 5.92 Å². The van der Waals surface area contributed by atoms with Crippen LogP contribution in [0.3, 0.4) is 0 Å². The van der Waals surface area contributed by atoms with Gasteiger partial charge in [-0.25, -0.2) is 43.0 Å². The van der Waals surface area contributed by atoms with Crippen molar-refractivity contribution in [2.24, 2.45) is 13.0 Å². The van der Waals surface area contributed by atoms with Crippen molar-refractivity contribution in [1.29, 1.82) is 0 Å². The number of H-pyrrole nitrogens is 2. The van der Waals surface area contributed by atoms with Crippen molar-refractivity contribution < 1.29 is 113 Å². The highest BCUT2D eigenvalue weighted by atomic mass is 31.3. The van der Waals surface area contributed by atoms with Gasteiger partial charge in [-0.05, 0) is 5.56 Å². The maximum absolute atomic E-state index is 13.7. The van der Waals surface area contributed by atoms with E-state index in [-0.39, 0.29) is 57.8 Å². The molecular weight excluding hydrogens is 1240 g/mol. The minimum absolute atomic E-state index is 0.0176. The predicted molar refractivity (Wildman–Crippen MR) is 279 cm³/mol. The molecule has 3 saturated heterocycles. The third kappa shape index (κ3) is 13.3. The van der Waals surface area contributed by atoms with Crippen molar-refractivity contribution in [2.75, 3.05) is 50.7 Å². The molecule has 3 fully saturated rings. The quantitative estimate of drug-likeness (QED) is 0.0222. The summed E-state index contributed by atoms with van der Waals surface area (Å²) in [6, 6.07) is 8.66. The number of hydrogen-bond acceptors (Lipinski definition) is 31. The minimum atomic E-state index is -6.29. The highest BCUT2D eigenvalue weighted by molar-refractivity contribution is 7.66. The number of nitrogen functional groups attached to an aromatic ring is 3. The molecule has 0 aliphatic carbocycles. The summed E-state index contributed by atoms with van der Waals surface area (Å²) in [5.41, 5.74) is 16.2. The van der Waals surface area contributed by atoms with E-state index in [1.807, 2.05) is 0 Å². The number of amides is 1. The summed E-state index contributed by atoms with van der Waals surface area (Å²) in [6.45, 7) is -4.13. The van der Waals surface area contributed by atoms with Crippen LogP contribution in [-0.4, -0.2) is 172 Å². The monoisotopic (exact) mass is 1290 g/mol. The van der Waals surface area contributed by atoms with Crippen LogP contribution in [0.25, 0.3) is 33.5 Å². The average Bonchev–Trinajstić information content (AvgIpc) is 2.34. The van der Waals surface area contributed by atoms with Gasteiger partial charge in [0.15, 0.2) is 35.1 Å². The molecule has 0 spiro atoms. The number of imidazole rings is 3. The molecule has 3 aliphatic heterocycles. The second-order valence-corrected chi connectivity index (χ2v) is 25.1. The van der Waals surface area contributed by atoms with Crippen LogP contribution in [-0.2, 0) is 82.3 Å². The lowest BCUT2D eigenvalue weighted by Crippen LogP contribution is -2.39. The first-order chi connectivity index (χ1) is 40.6. The fourth-order valence-electron chi connectivity index (χ4n) is 9.57. The lowest BCUT2D eigenvalue weighted by atomic mass is 9.99. The molecule has 6 aromatic heterocycles. The Bertz CT molecular complexity index is 3990. The number of aromatic nitrogens is 12. The maximum atomic E-state index is 13.7. The van der Waals surface area contributed by atoms with Crippen LogP contribution in [0.15, 0.2) is 65.2 Å². The number of benzene rings is 1. The van der Waals surface area contributed by atoms with Crippen LogP contribution < -0.4 is 43.1 Å². The number of phosphoric ester groups is 3. The number of aromatic amines is 2. The molecule has 0 radical (unpaired) electrons. The minimum Gasteiger partial charge on any atom is -0.756 e. The van der Waals surface area contributed by atoms with Crippen molar-refractivity contribution in [3.05, 3.63) is 81.9 Å². The summed E-state index contributed by atoms with van der Waals surface area (Å²) in [5, 5.41) is 35.9. The molecule has 4 unspecified atom stereocenters. The first kappa shape index (κ1) is 62.4. The highest BCUT2D eigenvalue weighted by Crippen LogP contribution is 2.68. The number of nitrogens with two attached hydrogens (primary N) is 3. The van der Waals surface area contributed by atoms with E-state index >= 15 is 0 Å². The number of aliphatic hydroxyl groups excluding tert-OH is 3. The fraction of sp³-hybridized carbons (Fsp3) is 0.463. The molecule has 9 heterocycles. The van der Waals surface area contributed by atoms with Crippen LogP contribution in [0.2, 0.25) is 0 Å². The first-order valence-corrected chi connectivity index (χ1v) is 30.8. The van der Waals surface area contributed by atoms with Gasteiger partial charge >= 0.3 is 35.1 Å². The Labute approximate surface area is 478 Å². The van der Waals surface area contributed by atoms with Gasteiger partial charge in [-0.2, -0.15) is 23.2 Å². The highest BCUT2D eigenvalue weighted by Gasteiger charge is 2.53. The van der Waals surface area contributed by atoms with E-state index in [0.717, 1.165) is 30.7 Å². The van der Waals surface area contributed by atoms with Gasteiger partial charge in [-0.1, -0.05) is 30.3 Å². The molecular formula is C41H52N16O25P4. The van der Waals surface area contributed by atoms with Crippen LogP contribution in [0.4, 0.5) is 22.5 Å². The second-order valence-electron chi connectivity index (χ2n) is 19.1. The van der Waals surface area contributed by atoms with E-state index < -0.39 is 148 Å². The Morgan fingerprint density at radius 1 is 0.709 bits per heavy atom. The number of hydrogen-bond donors (Lipinski definition) is 12. The van der Waals surface area contributed by atoms with Gasteiger partial charge in [0.2, 0.25) is 24.5 Å². The number of alkyl carbamates (subject to hydrolysis) is 1. The Morgan fingerprint density at radius 3 is 1.99 bits per heavy atom.